The molecule has 7 nitrogen and oxygen atoms in total. The van der Waals surface area contributed by atoms with Gasteiger partial charge < -0.3 is 5.32 Å². The normalized spacial score (nSPS) is 14.0. The number of hydrogen-bond donors (Lipinski definition) is 1. The molecule has 3 heterocycles. The molecule has 0 amide bonds. The highest BCUT2D eigenvalue weighted by atomic mass is 35.5. The molecule has 0 atom stereocenters. The molecule has 0 fully saturated rings. The van der Waals surface area contributed by atoms with Crippen molar-refractivity contribution in [3.63, 3.8) is 0 Å². The average molecular weight is 409 g/mol. The smallest absolute Gasteiger partial charge is 0.311 e. The largest absolute Gasteiger partial charge is 0.417 e. The number of nitrogens with one attached hydrogen (secondary N) is 1. The Morgan fingerprint density at radius 2 is 2.04 bits per heavy atom. The lowest BCUT2D eigenvalue weighted by Crippen LogP contribution is -2.25. The molecule has 0 unspecified atom stereocenters. The highest BCUT2D eigenvalue weighted by molar-refractivity contribution is 6.35. The van der Waals surface area contributed by atoms with Crippen molar-refractivity contribution in [1.29, 1.82) is 0 Å². The number of rotatable bonds is 3. The van der Waals surface area contributed by atoms with Gasteiger partial charge in [0, 0.05) is 25.1 Å². The molecule has 3 aromatic rings. The topological polar surface area (TPSA) is 85.6 Å². The number of benzene rings is 1. The van der Waals surface area contributed by atoms with Crippen molar-refractivity contribution in [3.8, 4) is 5.82 Å². The fraction of sp³-hybridized carbons (Fsp3) is 0.235. The van der Waals surface area contributed by atoms with Crippen molar-refractivity contribution < 1.29 is 18.0 Å². The summed E-state index contributed by atoms with van der Waals surface area (Å²) in [6, 6.07) is 3.16. The standard InChI is InChI=1S/C17H12ClF3N6O/c18-15-9(2-1-3-10(15)17(19,20)21)16(28)12-7-24-14(8-23-12)27-13-4-5-22-6-11(13)25-26-27/h1-3,7-8,22H,4-6H2. The monoisotopic (exact) mass is 408 g/mol. The molecule has 0 saturated carbocycles. The van der Waals surface area contributed by atoms with E-state index in [1.54, 1.807) is 0 Å². The lowest BCUT2D eigenvalue weighted by molar-refractivity contribution is -0.137. The number of nitrogens with zero attached hydrogens (tertiary/aromatic N) is 5. The van der Waals surface area contributed by atoms with Gasteiger partial charge in [0.25, 0.3) is 0 Å². The van der Waals surface area contributed by atoms with Crippen LogP contribution in [0.25, 0.3) is 5.82 Å². The van der Waals surface area contributed by atoms with Crippen LogP contribution in [0.3, 0.4) is 0 Å². The number of alkyl halides is 3. The molecule has 4 rings (SSSR count). The number of aromatic nitrogens is 5. The van der Waals surface area contributed by atoms with Crippen LogP contribution in [-0.4, -0.2) is 37.3 Å². The first-order chi connectivity index (χ1) is 13.4. The Balaban J connectivity index is 1.65. The molecule has 2 aromatic heterocycles. The van der Waals surface area contributed by atoms with Gasteiger partial charge in [-0.25, -0.2) is 9.97 Å². The first-order valence-electron chi connectivity index (χ1n) is 8.23. The van der Waals surface area contributed by atoms with Gasteiger partial charge in [-0.3, -0.25) is 4.79 Å². The van der Waals surface area contributed by atoms with Crippen LogP contribution >= 0.6 is 11.6 Å². The van der Waals surface area contributed by atoms with Crippen molar-refractivity contribution in [2.24, 2.45) is 0 Å². The summed E-state index contributed by atoms with van der Waals surface area (Å²) in [6.45, 7) is 1.38. The molecule has 0 aliphatic carbocycles. The highest BCUT2D eigenvalue weighted by Crippen LogP contribution is 2.36. The van der Waals surface area contributed by atoms with Crippen molar-refractivity contribution in [2.45, 2.75) is 19.1 Å². The maximum absolute atomic E-state index is 13.0. The van der Waals surface area contributed by atoms with E-state index < -0.39 is 22.5 Å². The van der Waals surface area contributed by atoms with Gasteiger partial charge in [-0.15, -0.1) is 5.10 Å². The van der Waals surface area contributed by atoms with Gasteiger partial charge in [-0.2, -0.15) is 17.9 Å². The highest BCUT2D eigenvalue weighted by Gasteiger charge is 2.35. The molecule has 144 valence electrons. The van der Waals surface area contributed by atoms with E-state index in [0.717, 1.165) is 30.1 Å². The first-order valence-corrected chi connectivity index (χ1v) is 8.61. The van der Waals surface area contributed by atoms with Crippen LogP contribution in [0, 0.1) is 0 Å². The van der Waals surface area contributed by atoms with Gasteiger partial charge in [0.2, 0.25) is 5.78 Å². The summed E-state index contributed by atoms with van der Waals surface area (Å²) >= 11 is 5.81. The maximum atomic E-state index is 13.0. The number of ketones is 1. The molecule has 0 bridgehead atoms. The van der Waals surface area contributed by atoms with Crippen LogP contribution in [-0.2, 0) is 19.1 Å². The summed E-state index contributed by atoms with van der Waals surface area (Å²) in [6.07, 6.45) is -1.44. The fourth-order valence-corrected chi connectivity index (χ4v) is 3.25. The molecule has 11 heteroatoms. The third kappa shape index (κ3) is 3.25. The lowest BCUT2D eigenvalue weighted by atomic mass is 10.0. The van der Waals surface area contributed by atoms with Crippen LogP contribution in [0.2, 0.25) is 5.02 Å². The molecule has 0 radical (unpaired) electrons. The van der Waals surface area contributed by atoms with Crippen LogP contribution in [0.1, 0.15) is 33.0 Å². The summed E-state index contributed by atoms with van der Waals surface area (Å²) in [5.74, 6) is -0.387. The molecule has 1 aliphatic rings. The first kappa shape index (κ1) is 18.5. The van der Waals surface area contributed by atoms with E-state index >= 15 is 0 Å². The van der Waals surface area contributed by atoms with E-state index in [-0.39, 0.29) is 11.3 Å². The van der Waals surface area contributed by atoms with Crippen LogP contribution in [0.5, 0.6) is 0 Å². The minimum absolute atomic E-state index is 0.124. The summed E-state index contributed by atoms with van der Waals surface area (Å²) in [5.41, 5.74) is 0.216. The average Bonchev–Trinajstić information content (AvgIpc) is 3.11. The lowest BCUT2D eigenvalue weighted by Gasteiger charge is -2.13. The zero-order valence-electron chi connectivity index (χ0n) is 14.2. The van der Waals surface area contributed by atoms with E-state index in [4.69, 9.17) is 11.6 Å². The zero-order valence-corrected chi connectivity index (χ0v) is 14.9. The predicted molar refractivity (Wildman–Crippen MR) is 92.2 cm³/mol. The van der Waals surface area contributed by atoms with Crippen molar-refractivity contribution in [1.82, 2.24) is 30.3 Å². The van der Waals surface area contributed by atoms with Gasteiger partial charge in [0.1, 0.15) is 11.4 Å². The van der Waals surface area contributed by atoms with E-state index in [2.05, 4.69) is 25.6 Å². The van der Waals surface area contributed by atoms with Gasteiger partial charge in [0.05, 0.1) is 28.7 Å². The van der Waals surface area contributed by atoms with Gasteiger partial charge >= 0.3 is 6.18 Å². The second-order valence-corrected chi connectivity index (χ2v) is 6.45. The second-order valence-electron chi connectivity index (χ2n) is 6.08. The summed E-state index contributed by atoms with van der Waals surface area (Å²) in [7, 11) is 0. The van der Waals surface area contributed by atoms with E-state index in [0.29, 0.717) is 18.8 Å². The predicted octanol–water partition coefficient (Wildman–Crippen LogP) is 2.61. The third-order valence-electron chi connectivity index (χ3n) is 4.31. The molecule has 28 heavy (non-hydrogen) atoms. The number of carbonyl (C=O) groups excluding carboxylic acids is 1. The van der Waals surface area contributed by atoms with Gasteiger partial charge in [0.15, 0.2) is 5.82 Å². The Hall–Kier alpha value is -2.85. The Bertz CT molecular complexity index is 1050. The zero-order chi connectivity index (χ0) is 19.9. The summed E-state index contributed by atoms with van der Waals surface area (Å²) in [5, 5.41) is 10.6. The van der Waals surface area contributed by atoms with E-state index in [1.807, 2.05) is 0 Å². The molecule has 1 aromatic carbocycles. The van der Waals surface area contributed by atoms with E-state index in [1.165, 1.54) is 23.1 Å². The Kier molecular flexibility index (Phi) is 4.60. The number of hydrogen-bond acceptors (Lipinski definition) is 6. The summed E-state index contributed by atoms with van der Waals surface area (Å²) < 4.78 is 40.5. The molecular formula is C17H12ClF3N6O. The van der Waals surface area contributed by atoms with Gasteiger partial charge in [-0.1, -0.05) is 22.9 Å². The minimum atomic E-state index is -4.66. The molecule has 1 aliphatic heterocycles. The van der Waals surface area contributed by atoms with Crippen LogP contribution in [0.15, 0.2) is 30.6 Å². The van der Waals surface area contributed by atoms with Crippen LogP contribution < -0.4 is 5.32 Å². The molecule has 0 saturated heterocycles. The fourth-order valence-electron chi connectivity index (χ4n) is 2.93. The van der Waals surface area contributed by atoms with Crippen molar-refractivity contribution in [2.75, 3.05) is 6.54 Å². The molecular weight excluding hydrogens is 397 g/mol. The SMILES string of the molecule is O=C(c1cnc(-n2nnc3c2CCNC3)cn1)c1cccc(C(F)(F)F)c1Cl. The molecule has 1 N–H and O–H groups in total. The number of halogens is 4. The quantitative estimate of drug-likeness (QED) is 0.670. The Morgan fingerprint density at radius 3 is 2.75 bits per heavy atom. The van der Waals surface area contributed by atoms with Gasteiger partial charge in [-0.05, 0) is 12.1 Å². The maximum Gasteiger partial charge on any atom is 0.417 e. The van der Waals surface area contributed by atoms with Crippen molar-refractivity contribution in [3.05, 3.63) is 63.8 Å². The van der Waals surface area contributed by atoms with Crippen molar-refractivity contribution >= 4 is 17.4 Å². The third-order valence-corrected chi connectivity index (χ3v) is 4.72. The Morgan fingerprint density at radius 1 is 1.21 bits per heavy atom. The molecule has 0 spiro atoms. The summed E-state index contributed by atoms with van der Waals surface area (Å²) in [4.78, 5) is 20.8. The second kappa shape index (κ2) is 6.95. The van der Waals surface area contributed by atoms with E-state index in [9.17, 15) is 18.0 Å². The number of carbonyl (C=O) groups is 1. The van der Waals surface area contributed by atoms with Crippen LogP contribution in [0.4, 0.5) is 13.2 Å². The Labute approximate surface area is 161 Å². The number of fused-ring (bicyclic) bond motifs is 1. The minimum Gasteiger partial charge on any atom is -0.311 e.